The Hall–Kier alpha value is -2.57. The number of amides is 1. The van der Waals surface area contributed by atoms with E-state index in [-0.39, 0.29) is 24.4 Å². The van der Waals surface area contributed by atoms with Gasteiger partial charge in [-0.3, -0.25) is 9.48 Å². The summed E-state index contributed by atoms with van der Waals surface area (Å²) in [5, 5.41) is 10.1. The summed E-state index contributed by atoms with van der Waals surface area (Å²) in [7, 11) is 1.82. The van der Waals surface area contributed by atoms with Crippen molar-refractivity contribution in [1.82, 2.24) is 9.78 Å². The lowest BCUT2D eigenvalue weighted by molar-refractivity contribution is -0.118. The minimum absolute atomic E-state index is 0.111. The third-order valence-corrected chi connectivity index (χ3v) is 3.49. The summed E-state index contributed by atoms with van der Waals surface area (Å²) in [6.45, 7) is 7.43. The third kappa shape index (κ3) is 4.24. The lowest BCUT2D eigenvalue weighted by Gasteiger charge is -2.16. The van der Waals surface area contributed by atoms with Gasteiger partial charge in [-0.1, -0.05) is 0 Å². The number of anilines is 2. The highest BCUT2D eigenvalue weighted by atomic mass is 19.1. The van der Waals surface area contributed by atoms with Crippen LogP contribution in [-0.4, -0.2) is 28.3 Å². The summed E-state index contributed by atoms with van der Waals surface area (Å²) in [6.07, 6.45) is 0. The first-order valence-corrected chi connectivity index (χ1v) is 7.77. The van der Waals surface area contributed by atoms with Gasteiger partial charge in [-0.2, -0.15) is 5.10 Å². The topological polar surface area (TPSA) is 68.2 Å². The largest absolute Gasteiger partial charge is 0.480 e. The Morgan fingerprint density at radius 3 is 2.62 bits per heavy atom. The second-order valence-electron chi connectivity index (χ2n) is 5.95. The fourth-order valence-electron chi connectivity index (χ4n) is 2.34. The van der Waals surface area contributed by atoms with E-state index in [1.165, 1.54) is 18.2 Å². The maximum absolute atomic E-state index is 13.4. The Kier molecular flexibility index (Phi) is 5.43. The van der Waals surface area contributed by atoms with Gasteiger partial charge in [0, 0.05) is 13.1 Å². The second-order valence-corrected chi connectivity index (χ2v) is 5.95. The van der Waals surface area contributed by atoms with Crippen LogP contribution >= 0.6 is 0 Å². The third-order valence-electron chi connectivity index (χ3n) is 3.49. The van der Waals surface area contributed by atoms with Crippen molar-refractivity contribution in [3.05, 3.63) is 35.4 Å². The van der Waals surface area contributed by atoms with E-state index in [2.05, 4.69) is 15.7 Å². The minimum Gasteiger partial charge on any atom is -0.480 e. The van der Waals surface area contributed by atoms with Crippen LogP contribution in [0.3, 0.4) is 0 Å². The maximum Gasteiger partial charge on any atom is 0.262 e. The Morgan fingerprint density at radius 1 is 1.33 bits per heavy atom. The number of aromatic nitrogens is 2. The van der Waals surface area contributed by atoms with Crippen LogP contribution in [0.5, 0.6) is 5.75 Å². The van der Waals surface area contributed by atoms with Crippen LogP contribution in [0.2, 0.25) is 0 Å². The molecule has 0 saturated carbocycles. The molecule has 0 unspecified atom stereocenters. The van der Waals surface area contributed by atoms with Gasteiger partial charge in [0.1, 0.15) is 11.5 Å². The number of ether oxygens (including phenoxy) is 1. The van der Waals surface area contributed by atoms with Gasteiger partial charge < -0.3 is 15.4 Å². The number of nitrogens with one attached hydrogen (secondary N) is 2. The molecule has 0 atom stereocenters. The molecule has 0 saturated heterocycles. The summed E-state index contributed by atoms with van der Waals surface area (Å²) in [6, 6.07) is 4.29. The molecule has 1 amide bonds. The predicted octanol–water partition coefficient (Wildman–Crippen LogP) is 3.01. The van der Waals surface area contributed by atoms with E-state index in [0.717, 1.165) is 11.4 Å². The highest BCUT2D eigenvalue weighted by molar-refractivity contribution is 5.95. The van der Waals surface area contributed by atoms with Crippen LogP contribution < -0.4 is 15.4 Å². The van der Waals surface area contributed by atoms with Gasteiger partial charge in [0.15, 0.2) is 12.4 Å². The van der Waals surface area contributed by atoms with Gasteiger partial charge in [0.05, 0.1) is 17.1 Å². The number of benzene rings is 1. The van der Waals surface area contributed by atoms with Gasteiger partial charge >= 0.3 is 0 Å². The SMILES string of the molecule is Cc1nn(C)c(C)c1OCC(=O)Nc1ccc(F)cc1NC(C)C. The summed E-state index contributed by atoms with van der Waals surface area (Å²) in [5.41, 5.74) is 2.63. The molecule has 0 fully saturated rings. The molecule has 7 heteroatoms. The van der Waals surface area contributed by atoms with Crippen molar-refractivity contribution in [3.8, 4) is 5.75 Å². The van der Waals surface area contributed by atoms with Gasteiger partial charge in [-0.15, -0.1) is 0 Å². The number of aryl methyl sites for hydroxylation is 2. The lowest BCUT2D eigenvalue weighted by atomic mass is 10.2. The smallest absolute Gasteiger partial charge is 0.262 e. The number of halogens is 1. The average Bonchev–Trinajstić information content (AvgIpc) is 2.72. The molecule has 1 heterocycles. The summed E-state index contributed by atoms with van der Waals surface area (Å²) in [4.78, 5) is 12.2. The van der Waals surface area contributed by atoms with Crippen molar-refractivity contribution in [2.45, 2.75) is 33.7 Å². The fourth-order valence-corrected chi connectivity index (χ4v) is 2.34. The molecule has 0 radical (unpaired) electrons. The monoisotopic (exact) mass is 334 g/mol. The zero-order valence-corrected chi connectivity index (χ0v) is 14.6. The molecule has 24 heavy (non-hydrogen) atoms. The van der Waals surface area contributed by atoms with Crippen molar-refractivity contribution in [3.63, 3.8) is 0 Å². The van der Waals surface area contributed by atoms with Crippen LogP contribution in [-0.2, 0) is 11.8 Å². The number of hydrogen-bond donors (Lipinski definition) is 2. The van der Waals surface area contributed by atoms with Crippen molar-refractivity contribution in [1.29, 1.82) is 0 Å². The molecular weight excluding hydrogens is 311 g/mol. The summed E-state index contributed by atoms with van der Waals surface area (Å²) < 4.78 is 20.7. The number of carbonyl (C=O) groups is 1. The molecule has 0 aliphatic rings. The maximum atomic E-state index is 13.4. The molecule has 0 bridgehead atoms. The molecule has 1 aromatic heterocycles. The standard InChI is InChI=1S/C17H23FN4O2/c1-10(2)19-15-8-13(18)6-7-14(15)20-16(23)9-24-17-11(3)21-22(5)12(17)4/h6-8,10,19H,9H2,1-5H3,(H,20,23). The van der Waals surface area contributed by atoms with E-state index in [1.54, 1.807) is 4.68 Å². The molecule has 130 valence electrons. The molecule has 2 aromatic rings. The first kappa shape index (κ1) is 17.8. The van der Waals surface area contributed by atoms with E-state index < -0.39 is 0 Å². The summed E-state index contributed by atoms with van der Waals surface area (Å²) >= 11 is 0. The highest BCUT2D eigenvalue weighted by Crippen LogP contribution is 2.24. The quantitative estimate of drug-likeness (QED) is 0.852. The zero-order valence-electron chi connectivity index (χ0n) is 14.6. The van der Waals surface area contributed by atoms with Gasteiger partial charge in [0.25, 0.3) is 5.91 Å². The highest BCUT2D eigenvalue weighted by Gasteiger charge is 2.14. The number of carbonyl (C=O) groups excluding carboxylic acids is 1. The molecule has 2 rings (SSSR count). The number of hydrogen-bond acceptors (Lipinski definition) is 4. The zero-order chi connectivity index (χ0) is 17.9. The molecule has 2 N–H and O–H groups in total. The number of nitrogens with zero attached hydrogens (tertiary/aromatic N) is 2. The van der Waals surface area contributed by atoms with E-state index >= 15 is 0 Å². The molecule has 0 spiro atoms. The normalized spacial score (nSPS) is 10.8. The lowest BCUT2D eigenvalue weighted by Crippen LogP contribution is -2.22. The molecule has 1 aromatic carbocycles. The van der Waals surface area contributed by atoms with Crippen molar-refractivity contribution >= 4 is 17.3 Å². The first-order valence-electron chi connectivity index (χ1n) is 7.77. The van der Waals surface area contributed by atoms with Gasteiger partial charge in [-0.25, -0.2) is 4.39 Å². The Morgan fingerprint density at radius 2 is 2.04 bits per heavy atom. The van der Waals surface area contributed by atoms with Crippen molar-refractivity contribution in [2.75, 3.05) is 17.2 Å². The second kappa shape index (κ2) is 7.33. The van der Waals surface area contributed by atoms with Crippen molar-refractivity contribution in [2.24, 2.45) is 7.05 Å². The van der Waals surface area contributed by atoms with Crippen molar-refractivity contribution < 1.29 is 13.9 Å². The molecule has 0 aliphatic carbocycles. The first-order chi connectivity index (χ1) is 11.3. The minimum atomic E-state index is -0.367. The van der Waals surface area contributed by atoms with E-state index in [9.17, 15) is 9.18 Å². The van der Waals surface area contributed by atoms with Crippen LogP contribution in [0.4, 0.5) is 15.8 Å². The Labute approximate surface area is 141 Å². The van der Waals surface area contributed by atoms with E-state index in [4.69, 9.17) is 4.74 Å². The van der Waals surface area contributed by atoms with E-state index in [1.807, 2.05) is 34.7 Å². The number of rotatable bonds is 6. The average molecular weight is 334 g/mol. The Bertz CT molecular complexity index is 740. The van der Waals surface area contributed by atoms with Crippen LogP contribution in [0.15, 0.2) is 18.2 Å². The molecule has 6 nitrogen and oxygen atoms in total. The van der Waals surface area contributed by atoms with Crippen LogP contribution in [0.1, 0.15) is 25.2 Å². The summed E-state index contributed by atoms with van der Waals surface area (Å²) in [5.74, 6) is -0.0858. The van der Waals surface area contributed by atoms with Crippen LogP contribution in [0, 0.1) is 19.7 Å². The van der Waals surface area contributed by atoms with Crippen LogP contribution in [0.25, 0.3) is 0 Å². The Balaban J connectivity index is 2.04. The van der Waals surface area contributed by atoms with E-state index in [0.29, 0.717) is 17.1 Å². The predicted molar refractivity (Wildman–Crippen MR) is 92.0 cm³/mol. The fraction of sp³-hybridized carbons (Fsp3) is 0.412. The molecular formula is C17H23FN4O2. The molecule has 0 aliphatic heterocycles. The van der Waals surface area contributed by atoms with Gasteiger partial charge in [-0.05, 0) is 45.9 Å². The van der Waals surface area contributed by atoms with Gasteiger partial charge in [0.2, 0.25) is 0 Å².